The third-order valence-corrected chi connectivity index (χ3v) is 3.54. The molecule has 1 heterocycles. The Labute approximate surface area is 113 Å². The lowest BCUT2D eigenvalue weighted by atomic mass is 10.2. The van der Waals surface area contributed by atoms with Crippen LogP contribution in [-0.4, -0.2) is 23.9 Å². The number of rotatable bonds is 4. The predicted molar refractivity (Wildman–Crippen MR) is 75.0 cm³/mol. The molecule has 2 atom stereocenters. The van der Waals surface area contributed by atoms with Gasteiger partial charge in [-0.3, -0.25) is 9.59 Å². The molecule has 0 saturated carbocycles. The van der Waals surface area contributed by atoms with Crippen molar-refractivity contribution in [2.24, 2.45) is 0 Å². The first kappa shape index (κ1) is 13.7. The minimum absolute atomic E-state index is 0.130. The van der Waals surface area contributed by atoms with E-state index < -0.39 is 0 Å². The molecule has 1 aliphatic rings. The highest BCUT2D eigenvalue weighted by atomic mass is 16.2. The van der Waals surface area contributed by atoms with Crippen LogP contribution < -0.4 is 10.2 Å². The molecular formula is C15H20N2O2. The van der Waals surface area contributed by atoms with Gasteiger partial charge in [-0.2, -0.15) is 0 Å². The van der Waals surface area contributed by atoms with Gasteiger partial charge in [0.25, 0.3) is 5.91 Å². The van der Waals surface area contributed by atoms with E-state index in [1.807, 2.05) is 38.1 Å². The maximum Gasteiger partial charge on any atom is 0.251 e. The second kappa shape index (κ2) is 5.53. The van der Waals surface area contributed by atoms with E-state index >= 15 is 0 Å². The van der Waals surface area contributed by atoms with E-state index in [4.69, 9.17) is 0 Å². The summed E-state index contributed by atoms with van der Waals surface area (Å²) >= 11 is 0. The molecule has 0 bridgehead atoms. The van der Waals surface area contributed by atoms with Gasteiger partial charge in [-0.1, -0.05) is 24.6 Å². The Hall–Kier alpha value is -1.68. The van der Waals surface area contributed by atoms with Gasteiger partial charge in [0.2, 0.25) is 5.91 Å². The molecule has 2 rings (SSSR count). The van der Waals surface area contributed by atoms with Crippen LogP contribution in [0.25, 0.3) is 0 Å². The molecule has 4 heteroatoms. The first-order valence-corrected chi connectivity index (χ1v) is 6.72. The highest BCUT2D eigenvalue weighted by Gasteiger charge is 2.39. The van der Waals surface area contributed by atoms with Crippen molar-refractivity contribution in [2.75, 3.05) is 4.90 Å². The molecule has 102 valence electrons. The molecule has 1 N–H and O–H groups in total. The number of nitrogens with zero attached hydrogens (tertiary/aromatic N) is 1. The topological polar surface area (TPSA) is 49.4 Å². The average molecular weight is 260 g/mol. The Morgan fingerprint density at radius 2 is 1.95 bits per heavy atom. The van der Waals surface area contributed by atoms with Crippen molar-refractivity contribution < 1.29 is 9.59 Å². The van der Waals surface area contributed by atoms with E-state index in [2.05, 4.69) is 12.2 Å². The fraction of sp³-hybridized carbons (Fsp3) is 0.467. The summed E-state index contributed by atoms with van der Waals surface area (Å²) in [5.74, 6) is -0.274. The van der Waals surface area contributed by atoms with E-state index in [1.54, 1.807) is 0 Å². The van der Waals surface area contributed by atoms with Crippen LogP contribution in [0.3, 0.4) is 0 Å². The first-order chi connectivity index (χ1) is 9.02. The smallest absolute Gasteiger partial charge is 0.251 e. The number of hydrogen-bond acceptors (Lipinski definition) is 3. The van der Waals surface area contributed by atoms with Crippen molar-refractivity contribution in [1.82, 2.24) is 5.32 Å². The van der Waals surface area contributed by atoms with Gasteiger partial charge < -0.3 is 5.32 Å². The quantitative estimate of drug-likeness (QED) is 0.843. The van der Waals surface area contributed by atoms with Crippen molar-refractivity contribution in [3.8, 4) is 0 Å². The van der Waals surface area contributed by atoms with Crippen molar-refractivity contribution in [1.29, 1.82) is 0 Å². The Morgan fingerprint density at radius 3 is 2.53 bits per heavy atom. The Kier molecular flexibility index (Phi) is 4.00. The molecule has 0 aromatic heterocycles. The van der Waals surface area contributed by atoms with E-state index in [0.717, 1.165) is 12.0 Å². The van der Waals surface area contributed by atoms with E-state index in [0.29, 0.717) is 5.69 Å². The molecule has 19 heavy (non-hydrogen) atoms. The van der Waals surface area contributed by atoms with E-state index in [-0.39, 0.29) is 30.3 Å². The van der Waals surface area contributed by atoms with Crippen LogP contribution in [0.1, 0.15) is 32.3 Å². The zero-order chi connectivity index (χ0) is 14.0. The molecule has 2 amide bonds. The van der Waals surface area contributed by atoms with E-state index in [9.17, 15) is 9.59 Å². The van der Waals surface area contributed by atoms with E-state index in [1.165, 1.54) is 4.90 Å². The third-order valence-electron chi connectivity index (χ3n) is 3.54. The largest absolute Gasteiger partial charge is 0.303 e. The van der Waals surface area contributed by atoms with Crippen molar-refractivity contribution in [3.63, 3.8) is 0 Å². The highest BCUT2D eigenvalue weighted by Crippen LogP contribution is 2.23. The monoisotopic (exact) mass is 260 g/mol. The number of carbonyl (C=O) groups is 2. The maximum atomic E-state index is 12.3. The van der Waals surface area contributed by atoms with Gasteiger partial charge in [-0.05, 0) is 32.4 Å². The number of imide groups is 1. The first-order valence-electron chi connectivity index (χ1n) is 6.72. The zero-order valence-corrected chi connectivity index (χ0v) is 11.6. The minimum Gasteiger partial charge on any atom is -0.303 e. The van der Waals surface area contributed by atoms with Gasteiger partial charge in [0.1, 0.15) is 0 Å². The SMILES string of the molecule is CCC(C)NC1CC(=O)N(c2ccc(C)cc2)C1=O. The molecule has 1 aliphatic heterocycles. The molecule has 0 aliphatic carbocycles. The molecule has 1 saturated heterocycles. The number of carbonyl (C=O) groups excluding carboxylic acids is 2. The summed E-state index contributed by atoms with van der Waals surface area (Å²) in [6.45, 7) is 6.05. The number of aryl methyl sites for hydroxylation is 1. The highest BCUT2D eigenvalue weighted by molar-refractivity contribution is 6.22. The lowest BCUT2D eigenvalue weighted by Crippen LogP contribution is -2.42. The van der Waals surface area contributed by atoms with Gasteiger partial charge in [0.05, 0.1) is 18.2 Å². The maximum absolute atomic E-state index is 12.3. The van der Waals surface area contributed by atoms with Crippen LogP contribution in [0, 0.1) is 6.92 Å². The number of hydrogen-bond donors (Lipinski definition) is 1. The fourth-order valence-corrected chi connectivity index (χ4v) is 2.19. The Bertz CT molecular complexity index is 481. The molecule has 2 unspecified atom stereocenters. The summed E-state index contributed by atoms with van der Waals surface area (Å²) in [6, 6.07) is 7.30. The van der Waals surface area contributed by atoms with Crippen LogP contribution in [0.4, 0.5) is 5.69 Å². The number of anilines is 1. The summed E-state index contributed by atoms with van der Waals surface area (Å²) in [4.78, 5) is 25.6. The standard InChI is InChI=1S/C15H20N2O2/c1-4-11(3)16-13-9-14(18)17(15(13)19)12-7-5-10(2)6-8-12/h5-8,11,13,16H,4,9H2,1-3H3. The van der Waals surface area contributed by atoms with Gasteiger partial charge in [-0.15, -0.1) is 0 Å². The molecule has 0 spiro atoms. The lowest BCUT2D eigenvalue weighted by Gasteiger charge is -2.18. The molecule has 1 aromatic carbocycles. The van der Waals surface area contributed by atoms with Gasteiger partial charge in [0.15, 0.2) is 0 Å². The predicted octanol–water partition coefficient (Wildman–Crippen LogP) is 2.02. The summed E-state index contributed by atoms with van der Waals surface area (Å²) in [5, 5.41) is 3.21. The summed E-state index contributed by atoms with van der Waals surface area (Å²) in [7, 11) is 0. The minimum atomic E-state index is -0.385. The molecule has 0 radical (unpaired) electrons. The van der Waals surface area contributed by atoms with Gasteiger partial charge >= 0.3 is 0 Å². The van der Waals surface area contributed by atoms with Crippen molar-refractivity contribution >= 4 is 17.5 Å². The van der Waals surface area contributed by atoms with Crippen LogP contribution in [0.5, 0.6) is 0 Å². The average Bonchev–Trinajstić information content (AvgIpc) is 2.66. The summed E-state index contributed by atoms with van der Waals surface area (Å²) in [6.07, 6.45) is 1.18. The van der Waals surface area contributed by atoms with Crippen LogP contribution in [0.15, 0.2) is 24.3 Å². The third kappa shape index (κ3) is 2.84. The van der Waals surface area contributed by atoms with Gasteiger partial charge in [-0.25, -0.2) is 4.90 Å². The fourth-order valence-electron chi connectivity index (χ4n) is 2.19. The molecule has 4 nitrogen and oxygen atoms in total. The summed E-state index contributed by atoms with van der Waals surface area (Å²) in [5.41, 5.74) is 1.77. The lowest BCUT2D eigenvalue weighted by molar-refractivity contribution is -0.121. The molecule has 1 aromatic rings. The zero-order valence-electron chi connectivity index (χ0n) is 11.6. The van der Waals surface area contributed by atoms with Gasteiger partial charge in [0, 0.05) is 6.04 Å². The second-order valence-corrected chi connectivity index (χ2v) is 5.14. The van der Waals surface area contributed by atoms with Crippen molar-refractivity contribution in [2.45, 2.75) is 45.7 Å². The number of benzene rings is 1. The van der Waals surface area contributed by atoms with Crippen LogP contribution >= 0.6 is 0 Å². The number of nitrogens with one attached hydrogen (secondary N) is 1. The Balaban J connectivity index is 2.16. The normalized spacial score (nSPS) is 21.0. The second-order valence-electron chi connectivity index (χ2n) is 5.14. The van der Waals surface area contributed by atoms with Crippen molar-refractivity contribution in [3.05, 3.63) is 29.8 Å². The van der Waals surface area contributed by atoms with Crippen LogP contribution in [0.2, 0.25) is 0 Å². The summed E-state index contributed by atoms with van der Waals surface area (Å²) < 4.78 is 0. The molecule has 1 fully saturated rings. The Morgan fingerprint density at radius 1 is 1.32 bits per heavy atom. The molecular weight excluding hydrogens is 240 g/mol. The van der Waals surface area contributed by atoms with Crippen LogP contribution in [-0.2, 0) is 9.59 Å². The number of amides is 2.